The smallest absolute Gasteiger partial charge is 0.241 e. The van der Waals surface area contributed by atoms with Gasteiger partial charge in [-0.05, 0) is 59.7 Å². The lowest BCUT2D eigenvalue weighted by molar-refractivity contribution is -0.136. The SMILES string of the molecule is COc1ccc(C(OC[C@H](N)C(=O)N2CCC(CO)CC2)(c2ccccc2)c2ccc(OC)cc2)cc1. The molecule has 1 heterocycles. The summed E-state index contributed by atoms with van der Waals surface area (Å²) in [4.78, 5) is 15.0. The van der Waals surface area contributed by atoms with Crippen LogP contribution in [0.25, 0.3) is 0 Å². The van der Waals surface area contributed by atoms with E-state index >= 15 is 0 Å². The van der Waals surface area contributed by atoms with Crippen LogP contribution in [-0.4, -0.2) is 62.5 Å². The van der Waals surface area contributed by atoms with Gasteiger partial charge in [-0.25, -0.2) is 0 Å². The number of nitrogens with two attached hydrogens (primary N) is 1. The lowest BCUT2D eigenvalue weighted by Crippen LogP contribution is -2.50. The van der Waals surface area contributed by atoms with E-state index < -0.39 is 11.6 Å². The summed E-state index contributed by atoms with van der Waals surface area (Å²) in [6, 6.07) is 24.6. The summed E-state index contributed by atoms with van der Waals surface area (Å²) in [6.07, 6.45) is 1.56. The van der Waals surface area contributed by atoms with Crippen molar-refractivity contribution in [2.75, 3.05) is 40.5 Å². The third-order valence-corrected chi connectivity index (χ3v) is 7.15. The average Bonchev–Trinajstić information content (AvgIpc) is 2.98. The van der Waals surface area contributed by atoms with E-state index in [1.165, 1.54) is 0 Å². The predicted molar refractivity (Wildman–Crippen MR) is 143 cm³/mol. The Morgan fingerprint density at radius 2 is 1.38 bits per heavy atom. The summed E-state index contributed by atoms with van der Waals surface area (Å²) < 4.78 is 17.5. The minimum atomic E-state index is -1.03. The number of hydrogen-bond donors (Lipinski definition) is 2. The van der Waals surface area contributed by atoms with Crippen LogP contribution in [0.4, 0.5) is 0 Å². The first-order chi connectivity index (χ1) is 18.0. The van der Waals surface area contributed by atoms with Gasteiger partial charge in [0.2, 0.25) is 5.91 Å². The van der Waals surface area contributed by atoms with Gasteiger partial charge in [0.05, 0.1) is 20.8 Å². The number of carbonyl (C=O) groups excluding carboxylic acids is 1. The summed E-state index contributed by atoms with van der Waals surface area (Å²) in [7, 11) is 3.26. The Kier molecular flexibility index (Phi) is 8.82. The molecule has 0 saturated carbocycles. The Morgan fingerprint density at radius 3 is 1.84 bits per heavy atom. The number of aliphatic hydroxyl groups is 1. The molecule has 1 atom stereocenters. The van der Waals surface area contributed by atoms with Crippen LogP contribution in [0.15, 0.2) is 78.9 Å². The van der Waals surface area contributed by atoms with Crippen molar-refractivity contribution < 1.29 is 24.1 Å². The largest absolute Gasteiger partial charge is 0.497 e. The first kappa shape index (κ1) is 26.7. The number of hydrogen-bond acceptors (Lipinski definition) is 6. The third kappa shape index (κ3) is 5.80. The Labute approximate surface area is 218 Å². The first-order valence-electron chi connectivity index (χ1n) is 12.7. The first-order valence-corrected chi connectivity index (χ1v) is 12.7. The van der Waals surface area contributed by atoms with Crippen LogP contribution < -0.4 is 15.2 Å². The van der Waals surface area contributed by atoms with Gasteiger partial charge in [-0.3, -0.25) is 4.79 Å². The van der Waals surface area contributed by atoms with Crippen LogP contribution in [0.2, 0.25) is 0 Å². The molecule has 0 unspecified atom stereocenters. The number of aliphatic hydroxyl groups excluding tert-OH is 1. The van der Waals surface area contributed by atoms with Crippen molar-refractivity contribution in [1.82, 2.24) is 4.90 Å². The summed E-state index contributed by atoms with van der Waals surface area (Å²) >= 11 is 0. The van der Waals surface area contributed by atoms with E-state index in [0.717, 1.165) is 41.0 Å². The highest BCUT2D eigenvalue weighted by atomic mass is 16.5. The number of likely N-dealkylation sites (tertiary alicyclic amines) is 1. The summed E-state index contributed by atoms with van der Waals surface area (Å²) in [5.74, 6) is 1.58. The molecule has 4 rings (SSSR count). The maximum atomic E-state index is 13.2. The summed E-state index contributed by atoms with van der Waals surface area (Å²) in [6.45, 7) is 1.36. The van der Waals surface area contributed by atoms with Crippen molar-refractivity contribution in [1.29, 1.82) is 0 Å². The van der Waals surface area contributed by atoms with E-state index in [0.29, 0.717) is 13.1 Å². The average molecular weight is 505 g/mol. The van der Waals surface area contributed by atoms with E-state index in [-0.39, 0.29) is 25.0 Å². The molecule has 7 heteroatoms. The lowest BCUT2D eigenvalue weighted by Gasteiger charge is -2.38. The van der Waals surface area contributed by atoms with Gasteiger partial charge in [0.15, 0.2) is 0 Å². The zero-order valence-electron chi connectivity index (χ0n) is 21.5. The van der Waals surface area contributed by atoms with E-state index in [1.807, 2.05) is 78.9 Å². The minimum Gasteiger partial charge on any atom is -0.497 e. The van der Waals surface area contributed by atoms with Crippen LogP contribution in [0.5, 0.6) is 11.5 Å². The van der Waals surface area contributed by atoms with Crippen molar-refractivity contribution in [3.63, 3.8) is 0 Å². The second kappa shape index (κ2) is 12.2. The standard InChI is InChI=1S/C30H36N2O5/c1-35-26-12-8-24(9-13-26)30(23-6-4-3-5-7-23,25-10-14-27(36-2)15-11-25)37-21-28(31)29(34)32-18-16-22(20-33)17-19-32/h3-15,22,28,33H,16-21,31H2,1-2H3/t28-/m0/s1. The highest BCUT2D eigenvalue weighted by molar-refractivity contribution is 5.82. The molecule has 3 N–H and O–H groups in total. The van der Waals surface area contributed by atoms with E-state index in [2.05, 4.69) is 0 Å². The van der Waals surface area contributed by atoms with Gasteiger partial charge in [-0.1, -0.05) is 54.6 Å². The number of ether oxygens (including phenoxy) is 3. The monoisotopic (exact) mass is 504 g/mol. The quantitative estimate of drug-likeness (QED) is 0.410. The van der Waals surface area contributed by atoms with Gasteiger partial charge < -0.3 is 30.0 Å². The van der Waals surface area contributed by atoms with E-state index in [1.54, 1.807) is 19.1 Å². The molecule has 3 aromatic carbocycles. The fourth-order valence-electron chi connectivity index (χ4n) is 4.93. The molecule has 1 fully saturated rings. The highest BCUT2D eigenvalue weighted by Gasteiger charge is 2.39. The number of benzene rings is 3. The lowest BCUT2D eigenvalue weighted by atomic mass is 9.80. The van der Waals surface area contributed by atoms with Crippen LogP contribution in [-0.2, 0) is 15.1 Å². The Balaban J connectivity index is 1.70. The van der Waals surface area contributed by atoms with Gasteiger partial charge in [0.25, 0.3) is 0 Å². The molecule has 0 radical (unpaired) electrons. The van der Waals surface area contributed by atoms with Crippen LogP contribution >= 0.6 is 0 Å². The fourth-order valence-corrected chi connectivity index (χ4v) is 4.93. The van der Waals surface area contributed by atoms with Crippen LogP contribution in [0.3, 0.4) is 0 Å². The van der Waals surface area contributed by atoms with Crippen molar-refractivity contribution in [3.05, 3.63) is 95.6 Å². The van der Waals surface area contributed by atoms with Gasteiger partial charge >= 0.3 is 0 Å². The second-order valence-corrected chi connectivity index (χ2v) is 9.37. The van der Waals surface area contributed by atoms with Crippen molar-refractivity contribution in [2.45, 2.75) is 24.5 Å². The predicted octanol–water partition coefficient (Wildman–Crippen LogP) is 3.57. The minimum absolute atomic E-state index is 0.0196. The molecule has 0 aromatic heterocycles. The van der Waals surface area contributed by atoms with Crippen LogP contribution in [0, 0.1) is 5.92 Å². The van der Waals surface area contributed by atoms with Gasteiger partial charge in [0.1, 0.15) is 23.1 Å². The highest BCUT2D eigenvalue weighted by Crippen LogP contribution is 2.41. The molecule has 0 spiro atoms. The maximum absolute atomic E-state index is 13.2. The van der Waals surface area contributed by atoms with Gasteiger partial charge in [-0.15, -0.1) is 0 Å². The van der Waals surface area contributed by atoms with Crippen molar-refractivity contribution >= 4 is 5.91 Å². The summed E-state index contributed by atoms with van der Waals surface area (Å²) in [5, 5.41) is 9.43. The van der Waals surface area contributed by atoms with E-state index in [4.69, 9.17) is 19.9 Å². The molecular formula is C30H36N2O5. The number of piperidine rings is 1. The molecular weight excluding hydrogens is 468 g/mol. The molecule has 196 valence electrons. The molecule has 1 amide bonds. The Bertz CT molecular complexity index is 1080. The van der Waals surface area contributed by atoms with E-state index in [9.17, 15) is 9.90 Å². The number of methoxy groups -OCH3 is 2. The molecule has 1 aliphatic heterocycles. The molecule has 37 heavy (non-hydrogen) atoms. The summed E-state index contributed by atoms with van der Waals surface area (Å²) in [5.41, 5.74) is 8.09. The Morgan fingerprint density at radius 1 is 0.892 bits per heavy atom. The molecule has 3 aromatic rings. The Hall–Kier alpha value is -3.39. The maximum Gasteiger partial charge on any atom is 0.241 e. The zero-order chi connectivity index (χ0) is 26.3. The zero-order valence-corrected chi connectivity index (χ0v) is 21.5. The molecule has 0 bridgehead atoms. The topological polar surface area (TPSA) is 94.3 Å². The number of carbonyl (C=O) groups is 1. The number of amides is 1. The molecule has 1 saturated heterocycles. The third-order valence-electron chi connectivity index (χ3n) is 7.15. The number of nitrogens with zero attached hydrogens (tertiary/aromatic N) is 1. The second-order valence-electron chi connectivity index (χ2n) is 9.37. The van der Waals surface area contributed by atoms with Gasteiger partial charge in [-0.2, -0.15) is 0 Å². The normalized spacial score (nSPS) is 15.3. The molecule has 1 aliphatic rings. The molecule has 0 aliphatic carbocycles. The number of rotatable bonds is 10. The fraction of sp³-hybridized carbons (Fsp3) is 0.367. The van der Waals surface area contributed by atoms with Crippen molar-refractivity contribution in [2.24, 2.45) is 11.7 Å². The van der Waals surface area contributed by atoms with Crippen LogP contribution in [0.1, 0.15) is 29.5 Å². The van der Waals surface area contributed by atoms with Gasteiger partial charge in [0, 0.05) is 19.7 Å². The molecule has 7 nitrogen and oxygen atoms in total. The van der Waals surface area contributed by atoms with Crippen molar-refractivity contribution in [3.8, 4) is 11.5 Å².